The molecule has 124 valence electrons. The van der Waals surface area contributed by atoms with Crippen molar-refractivity contribution >= 4 is 21.6 Å². The average molecular weight is 351 g/mol. The van der Waals surface area contributed by atoms with E-state index in [0.29, 0.717) is 21.3 Å². The minimum Gasteiger partial charge on any atom is -0.507 e. The molecule has 4 rings (SSSR count). The average Bonchev–Trinajstić information content (AvgIpc) is 2.99. The summed E-state index contributed by atoms with van der Waals surface area (Å²) >= 11 is 1.22. The number of nitrogens with one attached hydrogen (secondary N) is 1. The van der Waals surface area contributed by atoms with Crippen molar-refractivity contribution in [2.75, 3.05) is 0 Å². The number of pyridine rings is 1. The molecular weight excluding hydrogens is 338 g/mol. The zero-order chi connectivity index (χ0) is 17.6. The van der Waals surface area contributed by atoms with Crippen LogP contribution in [0.5, 0.6) is 17.2 Å². The maximum atomic E-state index is 12.4. The van der Waals surface area contributed by atoms with Gasteiger partial charge in [0.15, 0.2) is 0 Å². The Morgan fingerprint density at radius 1 is 0.840 bits per heavy atom. The summed E-state index contributed by atoms with van der Waals surface area (Å²) in [5.74, 6) is -0.387. The van der Waals surface area contributed by atoms with E-state index in [-0.39, 0.29) is 28.4 Å². The molecule has 6 heteroatoms. The summed E-state index contributed by atoms with van der Waals surface area (Å²) in [7, 11) is 0. The number of hydrogen-bond acceptors (Lipinski definition) is 5. The third-order valence-corrected chi connectivity index (χ3v) is 4.97. The van der Waals surface area contributed by atoms with Crippen molar-refractivity contribution in [3.63, 3.8) is 0 Å². The van der Waals surface area contributed by atoms with Crippen LogP contribution < -0.4 is 5.56 Å². The lowest BCUT2D eigenvalue weighted by Gasteiger charge is -2.09. The second-order valence-electron chi connectivity index (χ2n) is 5.57. The van der Waals surface area contributed by atoms with Crippen LogP contribution in [0, 0.1) is 0 Å². The second-order valence-corrected chi connectivity index (χ2v) is 6.45. The molecule has 0 aliphatic carbocycles. The van der Waals surface area contributed by atoms with Gasteiger partial charge in [0.05, 0.1) is 16.5 Å². The Bertz CT molecular complexity index is 1130. The van der Waals surface area contributed by atoms with Gasteiger partial charge in [-0.15, -0.1) is 11.3 Å². The lowest BCUT2D eigenvalue weighted by atomic mass is 9.99. The highest BCUT2D eigenvalue weighted by Crippen LogP contribution is 2.46. The summed E-state index contributed by atoms with van der Waals surface area (Å²) in [4.78, 5) is 15.7. The van der Waals surface area contributed by atoms with Crippen LogP contribution in [0.2, 0.25) is 0 Å². The van der Waals surface area contributed by atoms with E-state index in [9.17, 15) is 20.1 Å². The molecule has 0 amide bonds. The van der Waals surface area contributed by atoms with Crippen LogP contribution in [0.15, 0.2) is 58.7 Å². The van der Waals surface area contributed by atoms with E-state index < -0.39 is 5.56 Å². The Morgan fingerprint density at radius 3 is 2.20 bits per heavy atom. The first-order valence-corrected chi connectivity index (χ1v) is 8.39. The molecule has 0 saturated heterocycles. The van der Waals surface area contributed by atoms with Crippen LogP contribution >= 0.6 is 11.3 Å². The highest BCUT2D eigenvalue weighted by Gasteiger charge is 2.21. The monoisotopic (exact) mass is 351 g/mol. The van der Waals surface area contributed by atoms with Crippen molar-refractivity contribution < 1.29 is 15.3 Å². The third-order valence-electron chi connectivity index (χ3n) is 4.07. The fourth-order valence-corrected chi connectivity index (χ4v) is 3.89. The number of aromatic amines is 1. The predicted octanol–water partition coefficient (Wildman–Crippen LogP) is 4.04. The van der Waals surface area contributed by atoms with Gasteiger partial charge in [0.2, 0.25) is 0 Å². The van der Waals surface area contributed by atoms with Gasteiger partial charge in [0, 0.05) is 10.9 Å². The molecule has 0 atom stereocenters. The molecule has 0 unspecified atom stereocenters. The maximum absolute atomic E-state index is 12.4. The first kappa shape index (κ1) is 15.3. The van der Waals surface area contributed by atoms with Crippen LogP contribution in [0.4, 0.5) is 0 Å². The van der Waals surface area contributed by atoms with Crippen molar-refractivity contribution in [3.05, 3.63) is 64.3 Å². The first-order chi connectivity index (χ1) is 12.1. The highest BCUT2D eigenvalue weighted by atomic mass is 32.1. The van der Waals surface area contributed by atoms with Crippen LogP contribution in [0.3, 0.4) is 0 Å². The molecule has 4 N–H and O–H groups in total. The zero-order valence-electron chi connectivity index (χ0n) is 12.9. The van der Waals surface area contributed by atoms with Gasteiger partial charge in [-0.25, -0.2) is 0 Å². The van der Waals surface area contributed by atoms with Gasteiger partial charge in [-0.2, -0.15) is 0 Å². The smallest absolute Gasteiger partial charge is 0.260 e. The normalized spacial score (nSPS) is 11.0. The summed E-state index contributed by atoms with van der Waals surface area (Å²) in [5, 5.41) is 33.2. The number of aromatic hydroxyl groups is 3. The Hall–Kier alpha value is -3.25. The Labute approximate surface area is 146 Å². The van der Waals surface area contributed by atoms with Crippen molar-refractivity contribution in [2.24, 2.45) is 0 Å². The molecule has 2 aromatic heterocycles. The molecule has 25 heavy (non-hydrogen) atoms. The van der Waals surface area contributed by atoms with E-state index in [2.05, 4.69) is 4.98 Å². The highest BCUT2D eigenvalue weighted by molar-refractivity contribution is 7.17. The lowest BCUT2D eigenvalue weighted by Crippen LogP contribution is -2.08. The SMILES string of the molecule is O=c1[nH]c2scc(-c3c(O)cccc3O)c2c(O)c1-c1ccccc1. The second kappa shape index (κ2) is 5.68. The Kier molecular flexibility index (Phi) is 3.47. The summed E-state index contributed by atoms with van der Waals surface area (Å²) in [6.45, 7) is 0. The summed E-state index contributed by atoms with van der Waals surface area (Å²) in [5.41, 5.74) is 1.02. The van der Waals surface area contributed by atoms with Crippen LogP contribution in [0.1, 0.15) is 0 Å². The molecule has 0 bridgehead atoms. The van der Waals surface area contributed by atoms with Crippen LogP contribution in [-0.2, 0) is 0 Å². The zero-order valence-corrected chi connectivity index (χ0v) is 13.7. The first-order valence-electron chi connectivity index (χ1n) is 7.51. The number of aromatic nitrogens is 1. The summed E-state index contributed by atoms with van der Waals surface area (Å²) in [6, 6.07) is 13.3. The fourth-order valence-electron chi connectivity index (χ4n) is 2.94. The van der Waals surface area contributed by atoms with Crippen LogP contribution in [-0.4, -0.2) is 20.3 Å². The Balaban J connectivity index is 2.09. The Morgan fingerprint density at radius 2 is 1.52 bits per heavy atom. The van der Waals surface area contributed by atoms with Gasteiger partial charge >= 0.3 is 0 Å². The number of rotatable bonds is 2. The van der Waals surface area contributed by atoms with Crippen molar-refractivity contribution in [2.45, 2.75) is 0 Å². The van der Waals surface area contributed by atoms with E-state index in [1.807, 2.05) is 6.07 Å². The predicted molar refractivity (Wildman–Crippen MR) is 98.3 cm³/mol. The topological polar surface area (TPSA) is 93.6 Å². The molecule has 0 spiro atoms. The molecule has 5 nitrogen and oxygen atoms in total. The van der Waals surface area contributed by atoms with E-state index in [1.54, 1.807) is 29.6 Å². The number of phenolic OH excluding ortho intramolecular Hbond substituents is 2. The van der Waals surface area contributed by atoms with Crippen molar-refractivity contribution in [3.8, 4) is 39.5 Å². The molecule has 0 saturated carbocycles. The fraction of sp³-hybridized carbons (Fsp3) is 0. The molecule has 0 aliphatic rings. The number of benzene rings is 2. The summed E-state index contributed by atoms with van der Waals surface area (Å²) in [6.07, 6.45) is 0. The van der Waals surface area contributed by atoms with E-state index in [0.717, 1.165) is 0 Å². The standard InChI is InChI=1S/C19H13NO4S/c21-12-7-4-8-13(22)15(12)11-9-25-19-16(11)17(23)14(18(24)20-19)10-5-2-1-3-6-10/h1-9,21-22H,(H2,20,23,24). The third kappa shape index (κ3) is 2.35. The number of fused-ring (bicyclic) bond motifs is 1. The molecule has 4 aromatic rings. The molecule has 2 heterocycles. The van der Waals surface area contributed by atoms with Gasteiger partial charge in [-0.3, -0.25) is 4.79 Å². The number of phenols is 2. The van der Waals surface area contributed by atoms with Crippen molar-refractivity contribution in [1.82, 2.24) is 4.98 Å². The number of hydrogen-bond donors (Lipinski definition) is 4. The number of thiophene rings is 1. The molecular formula is C19H13NO4S. The minimum atomic E-state index is -0.397. The van der Waals surface area contributed by atoms with E-state index in [4.69, 9.17) is 0 Å². The molecule has 2 aromatic carbocycles. The lowest BCUT2D eigenvalue weighted by molar-refractivity contribution is 0.454. The maximum Gasteiger partial charge on any atom is 0.260 e. The van der Waals surface area contributed by atoms with Crippen molar-refractivity contribution in [1.29, 1.82) is 0 Å². The van der Waals surface area contributed by atoms with Gasteiger partial charge in [0.1, 0.15) is 22.1 Å². The van der Waals surface area contributed by atoms with Gasteiger partial charge in [-0.1, -0.05) is 36.4 Å². The minimum absolute atomic E-state index is 0.105. The van der Waals surface area contributed by atoms with E-state index in [1.165, 1.54) is 29.5 Å². The van der Waals surface area contributed by atoms with Gasteiger partial charge in [-0.05, 0) is 17.7 Å². The van der Waals surface area contributed by atoms with E-state index >= 15 is 0 Å². The summed E-state index contributed by atoms with van der Waals surface area (Å²) < 4.78 is 0. The largest absolute Gasteiger partial charge is 0.507 e. The molecule has 0 fully saturated rings. The number of H-pyrrole nitrogens is 1. The molecule has 0 radical (unpaired) electrons. The molecule has 0 aliphatic heterocycles. The quantitative estimate of drug-likeness (QED) is 0.438. The van der Waals surface area contributed by atoms with Gasteiger partial charge < -0.3 is 20.3 Å². The van der Waals surface area contributed by atoms with Crippen LogP contribution in [0.25, 0.3) is 32.5 Å². The van der Waals surface area contributed by atoms with Gasteiger partial charge in [0.25, 0.3) is 5.56 Å².